The summed E-state index contributed by atoms with van der Waals surface area (Å²) in [6.45, 7) is 1.06. The number of rotatable bonds is 5. The first-order chi connectivity index (χ1) is 11.4. The highest BCUT2D eigenvalue weighted by Gasteiger charge is 2.18. The summed E-state index contributed by atoms with van der Waals surface area (Å²) in [6.07, 6.45) is 0. The zero-order valence-corrected chi connectivity index (χ0v) is 13.6. The molecule has 0 heterocycles. The highest BCUT2D eigenvalue weighted by molar-refractivity contribution is 6.31. The first-order valence-corrected chi connectivity index (χ1v) is 7.49. The number of benzene rings is 2. The number of nitrogens with one attached hydrogen (secondary N) is 1. The van der Waals surface area contributed by atoms with Crippen molar-refractivity contribution in [3.8, 4) is 0 Å². The molecule has 0 spiro atoms. The van der Waals surface area contributed by atoms with Gasteiger partial charge >= 0.3 is 0 Å². The van der Waals surface area contributed by atoms with Gasteiger partial charge in [0.15, 0.2) is 0 Å². The Morgan fingerprint density at radius 1 is 1.08 bits per heavy atom. The summed E-state index contributed by atoms with van der Waals surface area (Å²) in [6, 6.07) is 10.2. The molecule has 24 heavy (non-hydrogen) atoms. The summed E-state index contributed by atoms with van der Waals surface area (Å²) < 4.78 is 27.1. The van der Waals surface area contributed by atoms with E-state index in [1.54, 1.807) is 24.3 Å². The van der Waals surface area contributed by atoms with E-state index >= 15 is 0 Å². The molecule has 2 amide bonds. The van der Waals surface area contributed by atoms with Gasteiger partial charge in [-0.05, 0) is 23.8 Å². The van der Waals surface area contributed by atoms with Crippen molar-refractivity contribution in [2.24, 2.45) is 0 Å². The molecule has 0 saturated heterocycles. The fourth-order valence-electron chi connectivity index (χ4n) is 2.08. The Balaban J connectivity index is 2.09. The number of carbonyl (C=O) groups excluding carboxylic acids is 2. The van der Waals surface area contributed by atoms with Gasteiger partial charge in [0.2, 0.25) is 11.8 Å². The van der Waals surface area contributed by atoms with Crippen molar-refractivity contribution in [2.75, 3.05) is 11.9 Å². The predicted molar refractivity (Wildman–Crippen MR) is 87.5 cm³/mol. The molecule has 0 aliphatic carbocycles. The molecule has 0 bridgehead atoms. The molecular weight excluding hydrogens is 338 g/mol. The van der Waals surface area contributed by atoms with Gasteiger partial charge in [-0.15, -0.1) is 0 Å². The molecule has 0 radical (unpaired) electrons. The molecule has 2 aromatic rings. The first-order valence-electron chi connectivity index (χ1n) is 7.11. The van der Waals surface area contributed by atoms with Gasteiger partial charge in [-0.25, -0.2) is 8.78 Å². The van der Waals surface area contributed by atoms with Crippen LogP contribution in [0, 0.1) is 11.6 Å². The van der Waals surface area contributed by atoms with Gasteiger partial charge in [0.05, 0.1) is 0 Å². The number of amides is 2. The normalized spacial score (nSPS) is 10.3. The summed E-state index contributed by atoms with van der Waals surface area (Å²) in [7, 11) is 0. The molecule has 2 aromatic carbocycles. The third kappa shape index (κ3) is 4.52. The van der Waals surface area contributed by atoms with Crippen molar-refractivity contribution in [1.82, 2.24) is 4.90 Å². The summed E-state index contributed by atoms with van der Waals surface area (Å²) >= 11 is 6.04. The second-order valence-electron chi connectivity index (χ2n) is 5.11. The molecule has 1 N–H and O–H groups in total. The van der Waals surface area contributed by atoms with Crippen molar-refractivity contribution >= 4 is 29.1 Å². The lowest BCUT2D eigenvalue weighted by Crippen LogP contribution is -2.36. The molecule has 0 unspecified atom stereocenters. The summed E-state index contributed by atoms with van der Waals surface area (Å²) in [5, 5.41) is 2.61. The van der Waals surface area contributed by atoms with E-state index < -0.39 is 23.2 Å². The molecule has 0 atom stereocenters. The average molecular weight is 353 g/mol. The zero-order chi connectivity index (χ0) is 17.7. The van der Waals surface area contributed by atoms with Gasteiger partial charge in [0.1, 0.15) is 23.9 Å². The molecule has 7 heteroatoms. The number of hydrogen-bond acceptors (Lipinski definition) is 2. The van der Waals surface area contributed by atoms with Gasteiger partial charge < -0.3 is 10.2 Å². The summed E-state index contributed by atoms with van der Waals surface area (Å²) in [5.74, 6) is -2.84. The Bertz CT molecular complexity index is 748. The van der Waals surface area contributed by atoms with Crippen molar-refractivity contribution < 1.29 is 18.4 Å². The van der Waals surface area contributed by atoms with Gasteiger partial charge in [0.25, 0.3) is 0 Å². The largest absolute Gasteiger partial charge is 0.329 e. The van der Waals surface area contributed by atoms with E-state index in [-0.39, 0.29) is 19.0 Å². The van der Waals surface area contributed by atoms with Gasteiger partial charge in [-0.1, -0.05) is 35.9 Å². The van der Waals surface area contributed by atoms with Gasteiger partial charge in [-0.2, -0.15) is 0 Å². The summed E-state index contributed by atoms with van der Waals surface area (Å²) in [4.78, 5) is 25.0. The van der Waals surface area contributed by atoms with E-state index in [1.807, 2.05) is 0 Å². The van der Waals surface area contributed by atoms with E-state index in [0.717, 1.165) is 12.1 Å². The topological polar surface area (TPSA) is 49.4 Å². The Morgan fingerprint density at radius 3 is 2.29 bits per heavy atom. The fourth-order valence-corrected chi connectivity index (χ4v) is 2.28. The van der Waals surface area contributed by atoms with Crippen LogP contribution in [-0.2, 0) is 16.1 Å². The van der Waals surface area contributed by atoms with Crippen molar-refractivity contribution in [2.45, 2.75) is 13.5 Å². The van der Waals surface area contributed by atoms with E-state index in [2.05, 4.69) is 5.32 Å². The van der Waals surface area contributed by atoms with E-state index in [1.165, 1.54) is 17.9 Å². The third-order valence-corrected chi connectivity index (χ3v) is 3.69. The van der Waals surface area contributed by atoms with Gasteiger partial charge in [-0.3, -0.25) is 9.59 Å². The smallest absolute Gasteiger partial charge is 0.244 e. The third-order valence-electron chi connectivity index (χ3n) is 3.33. The predicted octanol–water partition coefficient (Wildman–Crippen LogP) is 3.61. The maximum Gasteiger partial charge on any atom is 0.244 e. The lowest BCUT2D eigenvalue weighted by Gasteiger charge is -2.21. The SMILES string of the molecule is CC(=O)N(CC(=O)Nc1c(F)cccc1F)Cc1ccccc1Cl. The maximum atomic E-state index is 13.6. The lowest BCUT2D eigenvalue weighted by atomic mass is 10.2. The van der Waals surface area contributed by atoms with Crippen LogP contribution in [0.4, 0.5) is 14.5 Å². The summed E-state index contributed by atoms with van der Waals surface area (Å²) in [5.41, 5.74) is 0.128. The van der Waals surface area contributed by atoms with Crippen LogP contribution in [0.25, 0.3) is 0 Å². The molecule has 0 fully saturated rings. The highest BCUT2D eigenvalue weighted by atomic mass is 35.5. The highest BCUT2D eigenvalue weighted by Crippen LogP contribution is 2.19. The monoisotopic (exact) mass is 352 g/mol. The molecule has 126 valence electrons. The molecule has 0 aromatic heterocycles. The van der Waals surface area contributed by atoms with Crippen molar-refractivity contribution in [3.05, 3.63) is 64.7 Å². The van der Waals surface area contributed by atoms with Crippen LogP contribution >= 0.6 is 11.6 Å². The maximum absolute atomic E-state index is 13.6. The molecule has 4 nitrogen and oxygen atoms in total. The number of para-hydroxylation sites is 1. The van der Waals surface area contributed by atoms with Gasteiger partial charge in [0, 0.05) is 18.5 Å². The average Bonchev–Trinajstić information content (AvgIpc) is 2.52. The molecular formula is C17H15ClF2N2O2. The lowest BCUT2D eigenvalue weighted by molar-refractivity contribution is -0.133. The second-order valence-corrected chi connectivity index (χ2v) is 5.52. The van der Waals surface area contributed by atoms with Crippen LogP contribution in [0.3, 0.4) is 0 Å². The number of hydrogen-bond donors (Lipinski definition) is 1. The van der Waals surface area contributed by atoms with Crippen LogP contribution in [-0.4, -0.2) is 23.3 Å². The Morgan fingerprint density at radius 2 is 1.71 bits per heavy atom. The zero-order valence-electron chi connectivity index (χ0n) is 12.9. The minimum absolute atomic E-state index is 0.113. The van der Waals surface area contributed by atoms with Crippen LogP contribution < -0.4 is 5.32 Å². The molecule has 2 rings (SSSR count). The minimum Gasteiger partial charge on any atom is -0.329 e. The minimum atomic E-state index is -0.885. The van der Waals surface area contributed by atoms with E-state index in [0.29, 0.717) is 10.6 Å². The van der Waals surface area contributed by atoms with Crippen molar-refractivity contribution in [1.29, 1.82) is 0 Å². The molecule has 0 saturated carbocycles. The Labute approximate surface area is 143 Å². The Hall–Kier alpha value is -2.47. The molecule has 0 aliphatic heterocycles. The van der Waals surface area contributed by atoms with Crippen LogP contribution in [0.1, 0.15) is 12.5 Å². The first kappa shape index (κ1) is 17.9. The van der Waals surface area contributed by atoms with Crippen LogP contribution in [0.5, 0.6) is 0 Å². The number of halogens is 3. The van der Waals surface area contributed by atoms with Crippen LogP contribution in [0.2, 0.25) is 5.02 Å². The van der Waals surface area contributed by atoms with Crippen LogP contribution in [0.15, 0.2) is 42.5 Å². The van der Waals surface area contributed by atoms with E-state index in [4.69, 9.17) is 11.6 Å². The number of nitrogens with zero attached hydrogens (tertiary/aromatic N) is 1. The standard InChI is InChI=1S/C17H15ClF2N2O2/c1-11(23)22(9-12-5-2-3-6-13(12)18)10-16(24)21-17-14(19)7-4-8-15(17)20/h2-8H,9-10H2,1H3,(H,21,24). The van der Waals surface area contributed by atoms with E-state index in [9.17, 15) is 18.4 Å². The Kier molecular flexibility index (Phi) is 5.87. The number of anilines is 1. The molecule has 0 aliphatic rings. The number of carbonyl (C=O) groups is 2. The quantitative estimate of drug-likeness (QED) is 0.893. The fraction of sp³-hybridized carbons (Fsp3) is 0.176. The van der Waals surface area contributed by atoms with Crippen molar-refractivity contribution in [3.63, 3.8) is 0 Å². The second kappa shape index (κ2) is 7.88.